The molecule has 0 bridgehead atoms. The minimum atomic E-state index is -2.72. The van der Waals surface area contributed by atoms with Gasteiger partial charge >= 0.3 is 69.1 Å². The average molecular weight is 2480 g/mol. The Bertz CT molecular complexity index is 4690. The summed E-state index contributed by atoms with van der Waals surface area (Å²) in [6.07, 6.45) is 4.71. The van der Waals surface area contributed by atoms with Gasteiger partial charge in [0, 0.05) is 134 Å². The van der Waals surface area contributed by atoms with E-state index in [1.165, 1.54) is 18.2 Å². The Hall–Kier alpha value is -1.56. The number of pyridine rings is 3. The fraction of sp³-hybridized carbons (Fsp3) is 0.182. The first-order valence-electron chi connectivity index (χ1n) is 28.9. The molecular weight excluding hydrogens is 2430 g/mol. The van der Waals surface area contributed by atoms with Gasteiger partial charge in [-0.1, -0.05) is 53.6 Å². The maximum atomic E-state index is 14.4. The molecule has 12 nitrogen and oxygen atoms in total. The van der Waals surface area contributed by atoms with E-state index in [0.29, 0.717) is 128 Å². The molecule has 0 fully saturated rings. The summed E-state index contributed by atoms with van der Waals surface area (Å²) < 4.78 is 97.0. The second-order valence-electron chi connectivity index (χ2n) is 22.5. The number of benzene rings is 3. The molecule has 0 amide bonds. The molecule has 12 rings (SSSR count). The SMILES string of the molecule is CC1=N/C(=C(/c2c(I)cc([O-])c3ncccc23)c2c(C)c(I)c(C)n2B(F)F)C(C)=C1I.CC1=N/C(=C(/c2c(I)cc([O-])c3ncccc23)c2c(C)c(I)c(C)n2B(F)F)C(C)=C1I.CC1=N/C(=C(/c2c(I)cc([O-])c3ncccc23)c2c(C)c(I)c(C)n2B(F)F)C(C)=C1I.[Yb+3]. The minimum absolute atomic E-state index is 0. The molecule has 0 saturated heterocycles. The van der Waals surface area contributed by atoms with Gasteiger partial charge in [0.25, 0.3) is 0 Å². The van der Waals surface area contributed by atoms with Gasteiger partial charge in [0.05, 0.1) is 50.8 Å². The molecule has 0 atom stereocenters. The summed E-state index contributed by atoms with van der Waals surface area (Å²) in [5.41, 5.74) is 17.1. The summed E-state index contributed by atoms with van der Waals surface area (Å²) in [7, 11) is -8.17. The van der Waals surface area contributed by atoms with Crippen molar-refractivity contribution in [2.75, 3.05) is 0 Å². The van der Waals surface area contributed by atoms with Gasteiger partial charge in [-0.15, -0.1) is 0 Å². The first kappa shape index (κ1) is 79.6. The molecule has 3 aliphatic heterocycles. The summed E-state index contributed by atoms with van der Waals surface area (Å²) >= 11 is 19.4. The largest absolute Gasteiger partial charge is 3.00 e. The van der Waals surface area contributed by atoms with Crippen molar-refractivity contribution in [1.29, 1.82) is 0 Å². The zero-order chi connectivity index (χ0) is 70.4. The van der Waals surface area contributed by atoms with E-state index in [0.717, 1.165) is 85.4 Å². The van der Waals surface area contributed by atoms with E-state index < -0.39 is 22.2 Å². The molecule has 1 radical (unpaired) electrons. The Balaban J connectivity index is 0.000000170. The van der Waals surface area contributed by atoms with Crippen molar-refractivity contribution in [2.24, 2.45) is 15.0 Å². The zero-order valence-corrected chi connectivity index (χ0v) is 74.0. The molecular formula is C66H48B3F6I9N9O3Yb. The minimum Gasteiger partial charge on any atom is -0.871 e. The summed E-state index contributed by atoms with van der Waals surface area (Å²) in [5.74, 6) is -0.590. The Labute approximate surface area is 718 Å². The van der Waals surface area contributed by atoms with E-state index in [-0.39, 0.29) is 64.2 Å². The fourth-order valence-electron chi connectivity index (χ4n) is 12.3. The number of hydrogen-bond donors (Lipinski definition) is 0. The van der Waals surface area contributed by atoms with E-state index in [2.05, 4.69) is 218 Å². The van der Waals surface area contributed by atoms with E-state index in [1.54, 1.807) is 57.6 Å². The van der Waals surface area contributed by atoms with Crippen LogP contribution in [0.4, 0.5) is 25.9 Å². The molecule has 0 unspecified atom stereocenters. The number of rotatable bonds is 9. The van der Waals surface area contributed by atoms with Gasteiger partial charge in [-0.2, -0.15) is 0 Å². The van der Waals surface area contributed by atoms with Gasteiger partial charge in [0.2, 0.25) is 0 Å². The van der Waals surface area contributed by atoms with Gasteiger partial charge in [-0.25, -0.2) is 0 Å². The van der Waals surface area contributed by atoms with Crippen LogP contribution in [0, 0.1) is 110 Å². The van der Waals surface area contributed by atoms with Crippen LogP contribution in [-0.2, 0) is 0 Å². The van der Waals surface area contributed by atoms with E-state index in [4.69, 9.17) is 15.0 Å². The van der Waals surface area contributed by atoms with Crippen LogP contribution in [0.3, 0.4) is 0 Å². The van der Waals surface area contributed by atoms with Crippen molar-refractivity contribution in [3.05, 3.63) is 207 Å². The Morgan fingerprint density at radius 2 is 0.608 bits per heavy atom. The number of halogens is 15. The maximum absolute atomic E-state index is 14.4. The summed E-state index contributed by atoms with van der Waals surface area (Å²) in [4.78, 5) is 27.3. The molecule has 97 heavy (non-hydrogen) atoms. The predicted octanol–water partition coefficient (Wildman–Crippen LogP) is 20.0. The van der Waals surface area contributed by atoms with Crippen LogP contribution in [0.5, 0.6) is 17.2 Å². The second-order valence-corrected chi connectivity index (χ2v) is 32.5. The van der Waals surface area contributed by atoms with Gasteiger partial charge in [0.15, 0.2) is 0 Å². The van der Waals surface area contributed by atoms with Crippen LogP contribution >= 0.6 is 203 Å². The van der Waals surface area contributed by atoms with Crippen LogP contribution in [0.15, 0.2) is 133 Å². The summed E-state index contributed by atoms with van der Waals surface area (Å²) in [6.45, 7) is 22.3. The number of nitrogens with zero attached hydrogens (tertiary/aromatic N) is 9. The van der Waals surface area contributed by atoms with E-state index in [9.17, 15) is 41.2 Å². The molecule has 0 aliphatic carbocycles. The molecule has 503 valence electrons. The molecule has 3 aliphatic rings. The molecule has 9 heterocycles. The molecule has 0 N–H and O–H groups in total. The Morgan fingerprint density at radius 3 is 0.804 bits per heavy atom. The Kier molecular flexibility index (Phi) is 26.3. The van der Waals surface area contributed by atoms with Crippen molar-refractivity contribution in [3.63, 3.8) is 0 Å². The van der Waals surface area contributed by atoms with E-state index >= 15 is 0 Å². The number of aliphatic imine (C=N–C) groups is 3. The van der Waals surface area contributed by atoms with Crippen LogP contribution < -0.4 is 15.3 Å². The zero-order valence-electron chi connectivity index (χ0n) is 52.8. The van der Waals surface area contributed by atoms with Crippen LogP contribution in [0.25, 0.3) is 49.4 Å². The first-order valence-corrected chi connectivity index (χ1v) is 38.6. The molecule has 6 aromatic heterocycles. The smallest absolute Gasteiger partial charge is 0.871 e. The first-order chi connectivity index (χ1) is 45.2. The molecule has 0 saturated carbocycles. The summed E-state index contributed by atoms with van der Waals surface area (Å²) in [6, 6.07) is 15.3. The maximum Gasteiger partial charge on any atom is 3.00 e. The third-order valence-electron chi connectivity index (χ3n) is 16.8. The van der Waals surface area contributed by atoms with Gasteiger partial charge < -0.3 is 28.8 Å². The standard InChI is InChI=1S/3C22H17BF2I3N3O.Yb/c3*1-9-18(27)11(3)30-20(9)17(22-10(2)19(28)12(4)31(22)23(24)25)16-13-6-5-7-29-21(13)15(32)8-14(16)26;/h3*5-8,32H,1-4H3;/q;;;+3/p-3/b3*20-17-;. The number of allylic oxidation sites excluding steroid dienone is 6. The van der Waals surface area contributed by atoms with Gasteiger partial charge in [-0.3, -0.25) is 55.8 Å². The third-order valence-corrected chi connectivity index (χ3v) is 28.9. The molecule has 31 heteroatoms. The fourth-order valence-corrected chi connectivity index (χ4v) is 17.5. The van der Waals surface area contributed by atoms with Crippen molar-refractivity contribution in [3.8, 4) is 17.2 Å². The normalized spacial score (nSPS) is 15.4. The average Bonchev–Trinajstić information content (AvgIpc) is 1.69. The monoisotopic (exact) mass is 2480 g/mol. The number of aromatic nitrogens is 6. The second kappa shape index (κ2) is 32.0. The van der Waals surface area contributed by atoms with Crippen molar-refractivity contribution < 1.29 is 88.1 Å². The van der Waals surface area contributed by atoms with Crippen molar-refractivity contribution >= 4 is 292 Å². The topological polar surface area (TPSA) is 160 Å². The van der Waals surface area contributed by atoms with Gasteiger partial charge in [0.1, 0.15) is 0 Å². The predicted molar refractivity (Wildman–Crippen MR) is 449 cm³/mol. The van der Waals surface area contributed by atoms with Crippen LogP contribution in [0.1, 0.15) is 109 Å². The third kappa shape index (κ3) is 14.6. The molecule has 3 aromatic carbocycles. The summed E-state index contributed by atoms with van der Waals surface area (Å²) in [5, 5.41) is 39.8. The van der Waals surface area contributed by atoms with Crippen LogP contribution in [0.2, 0.25) is 0 Å². The molecule has 9 aromatic rings. The van der Waals surface area contributed by atoms with Crippen molar-refractivity contribution in [1.82, 2.24) is 28.4 Å². The van der Waals surface area contributed by atoms with Crippen molar-refractivity contribution in [2.45, 2.75) is 83.1 Å². The van der Waals surface area contributed by atoms with Crippen LogP contribution in [-0.4, -0.2) is 67.7 Å². The molecule has 0 spiro atoms. The Morgan fingerprint density at radius 1 is 0.381 bits per heavy atom. The quantitative estimate of drug-likeness (QED) is 0.0794. The number of hydrogen-bond acceptors (Lipinski definition) is 9. The number of fused-ring (bicyclic) bond motifs is 3. The van der Waals surface area contributed by atoms with Gasteiger partial charge in [-0.05, 0) is 338 Å². The van der Waals surface area contributed by atoms with E-state index in [1.807, 2.05) is 80.5 Å².